The van der Waals surface area contributed by atoms with Gasteiger partial charge in [0, 0.05) is 17.8 Å². The molecule has 1 heterocycles. The van der Waals surface area contributed by atoms with Crippen molar-refractivity contribution in [3.8, 4) is 0 Å². The van der Waals surface area contributed by atoms with E-state index < -0.39 is 11.9 Å². The second-order valence-electron chi connectivity index (χ2n) is 8.78. The average molecular weight is 500 g/mol. The fourth-order valence-corrected chi connectivity index (χ4v) is 4.23. The molecule has 4 rings (SSSR count). The summed E-state index contributed by atoms with van der Waals surface area (Å²) in [5.41, 5.74) is 5.21. The molecule has 1 aliphatic rings. The minimum atomic E-state index is -0.486. The molecule has 0 saturated carbocycles. The van der Waals surface area contributed by atoms with Gasteiger partial charge in [-0.1, -0.05) is 42.5 Å². The van der Waals surface area contributed by atoms with Crippen molar-refractivity contribution < 1.29 is 23.9 Å². The van der Waals surface area contributed by atoms with Crippen LogP contribution in [0.2, 0.25) is 0 Å². The second-order valence-corrected chi connectivity index (χ2v) is 8.78. The van der Waals surface area contributed by atoms with Crippen molar-refractivity contribution in [1.29, 1.82) is 0 Å². The number of hydrogen-bond donors (Lipinski definition) is 2. The Balaban J connectivity index is 1.83. The summed E-state index contributed by atoms with van der Waals surface area (Å²) in [5.74, 6) is -1.20. The summed E-state index contributed by atoms with van der Waals surface area (Å²) in [6, 6.07) is 19.9. The van der Waals surface area contributed by atoms with Crippen LogP contribution in [-0.2, 0) is 20.8 Å². The van der Waals surface area contributed by atoms with Crippen molar-refractivity contribution in [2.24, 2.45) is 0 Å². The van der Waals surface area contributed by atoms with Gasteiger partial charge >= 0.3 is 11.9 Å². The van der Waals surface area contributed by atoms with Gasteiger partial charge in [0.05, 0.1) is 41.8 Å². The summed E-state index contributed by atoms with van der Waals surface area (Å²) in [6.07, 6.45) is 0. The first-order valence-electron chi connectivity index (χ1n) is 11.9. The number of hydrogen-bond acceptors (Lipinski definition) is 7. The van der Waals surface area contributed by atoms with Crippen molar-refractivity contribution in [3.05, 3.63) is 94.5 Å². The number of carbonyl (C=O) groups is 3. The molecular weight excluding hydrogens is 470 g/mol. The normalized spacial score (nSPS) is 13.6. The Hall–Kier alpha value is -4.43. The summed E-state index contributed by atoms with van der Waals surface area (Å²) >= 11 is 0. The minimum Gasteiger partial charge on any atom is -0.465 e. The van der Waals surface area contributed by atoms with E-state index in [1.54, 1.807) is 31.2 Å². The number of methoxy groups -OCH3 is 1. The lowest BCUT2D eigenvalue weighted by Crippen LogP contribution is -2.16. The predicted octanol–water partition coefficient (Wildman–Crippen LogP) is 4.64. The molecule has 0 spiro atoms. The third kappa shape index (κ3) is 5.54. The maximum absolute atomic E-state index is 13.2. The standard InChI is InChI=1S/C29H29N3O5/c1-5-37-29(35)23-16-21(13-11-20(23)17-32(2)3)30-26(18-9-7-6-8-10-18)25-22-14-12-19(28(34)36-4)15-24(22)31-27(25)33/h6-16,30H,5,17H2,1-4H3,(H,31,33)/b26-25-. The molecule has 8 heteroatoms. The van der Waals surface area contributed by atoms with E-state index in [2.05, 4.69) is 10.6 Å². The van der Waals surface area contributed by atoms with Crippen LogP contribution in [0.1, 0.15) is 44.3 Å². The molecule has 1 amide bonds. The van der Waals surface area contributed by atoms with Gasteiger partial charge in [0.25, 0.3) is 5.91 Å². The Morgan fingerprint density at radius 1 is 0.946 bits per heavy atom. The maximum Gasteiger partial charge on any atom is 0.338 e. The molecule has 8 nitrogen and oxygen atoms in total. The summed E-state index contributed by atoms with van der Waals surface area (Å²) in [4.78, 5) is 40.0. The van der Waals surface area contributed by atoms with Crippen molar-refractivity contribution >= 4 is 40.5 Å². The Morgan fingerprint density at radius 3 is 2.38 bits per heavy atom. The monoisotopic (exact) mass is 499 g/mol. The Labute approximate surface area is 215 Å². The van der Waals surface area contributed by atoms with E-state index in [0.29, 0.717) is 45.9 Å². The molecule has 37 heavy (non-hydrogen) atoms. The Morgan fingerprint density at radius 2 is 1.70 bits per heavy atom. The molecule has 0 aromatic heterocycles. The number of rotatable bonds is 8. The molecule has 2 N–H and O–H groups in total. The van der Waals surface area contributed by atoms with Crippen molar-refractivity contribution in [2.45, 2.75) is 13.5 Å². The number of benzene rings is 3. The molecule has 0 atom stereocenters. The van der Waals surface area contributed by atoms with E-state index in [1.165, 1.54) is 7.11 Å². The lowest BCUT2D eigenvalue weighted by molar-refractivity contribution is -0.110. The fraction of sp³-hybridized carbons (Fsp3) is 0.207. The fourth-order valence-electron chi connectivity index (χ4n) is 4.23. The molecule has 3 aromatic carbocycles. The summed E-state index contributed by atoms with van der Waals surface area (Å²) in [5, 5.41) is 6.24. The average Bonchev–Trinajstić information content (AvgIpc) is 3.22. The highest BCUT2D eigenvalue weighted by atomic mass is 16.5. The summed E-state index contributed by atoms with van der Waals surface area (Å²) < 4.78 is 10.1. The van der Waals surface area contributed by atoms with Crippen LogP contribution in [0.3, 0.4) is 0 Å². The number of nitrogens with zero attached hydrogens (tertiary/aromatic N) is 1. The van der Waals surface area contributed by atoms with Gasteiger partial charge in [-0.05, 0) is 56.4 Å². The maximum atomic E-state index is 13.2. The highest BCUT2D eigenvalue weighted by Crippen LogP contribution is 2.38. The number of nitrogens with one attached hydrogen (secondary N) is 2. The number of esters is 2. The third-order valence-corrected chi connectivity index (χ3v) is 5.86. The Kier molecular flexibility index (Phi) is 7.69. The van der Waals surface area contributed by atoms with E-state index in [9.17, 15) is 14.4 Å². The molecule has 0 radical (unpaired) electrons. The van der Waals surface area contributed by atoms with Crippen LogP contribution in [0.4, 0.5) is 11.4 Å². The van der Waals surface area contributed by atoms with Crippen LogP contribution < -0.4 is 10.6 Å². The van der Waals surface area contributed by atoms with Gasteiger partial charge in [-0.15, -0.1) is 0 Å². The van der Waals surface area contributed by atoms with Gasteiger partial charge in [-0.25, -0.2) is 9.59 Å². The largest absolute Gasteiger partial charge is 0.465 e. The number of amides is 1. The molecular formula is C29H29N3O5. The molecule has 0 aliphatic carbocycles. The quantitative estimate of drug-likeness (QED) is 0.344. The first-order chi connectivity index (χ1) is 17.8. The van der Waals surface area contributed by atoms with Gasteiger partial charge in [0.15, 0.2) is 0 Å². The topological polar surface area (TPSA) is 97.0 Å². The van der Waals surface area contributed by atoms with Crippen LogP contribution in [-0.4, -0.2) is 50.6 Å². The number of ether oxygens (including phenoxy) is 2. The van der Waals surface area contributed by atoms with Crippen LogP contribution in [0.25, 0.3) is 11.3 Å². The zero-order valence-electron chi connectivity index (χ0n) is 21.3. The highest BCUT2D eigenvalue weighted by Gasteiger charge is 2.29. The van der Waals surface area contributed by atoms with E-state index in [0.717, 1.165) is 11.1 Å². The van der Waals surface area contributed by atoms with Gasteiger partial charge in [0.1, 0.15) is 0 Å². The van der Waals surface area contributed by atoms with Crippen LogP contribution in [0.5, 0.6) is 0 Å². The first kappa shape index (κ1) is 25.7. The molecule has 0 saturated heterocycles. The number of fused-ring (bicyclic) bond motifs is 1. The SMILES string of the molecule is CCOC(=O)c1cc(N/C(=C2\C(=O)Nc3cc(C(=O)OC)ccc32)c2ccccc2)ccc1CN(C)C. The first-order valence-corrected chi connectivity index (χ1v) is 11.9. The molecule has 0 bridgehead atoms. The zero-order valence-corrected chi connectivity index (χ0v) is 21.3. The highest BCUT2D eigenvalue weighted by molar-refractivity contribution is 6.37. The number of carbonyl (C=O) groups excluding carboxylic acids is 3. The van der Waals surface area contributed by atoms with Gasteiger partial charge < -0.3 is 25.0 Å². The number of anilines is 2. The summed E-state index contributed by atoms with van der Waals surface area (Å²) in [7, 11) is 5.17. The van der Waals surface area contributed by atoms with Crippen molar-refractivity contribution in [1.82, 2.24) is 4.90 Å². The molecule has 1 aliphatic heterocycles. The van der Waals surface area contributed by atoms with Gasteiger partial charge in [-0.2, -0.15) is 0 Å². The Bertz CT molecular complexity index is 1380. The smallest absolute Gasteiger partial charge is 0.338 e. The summed E-state index contributed by atoms with van der Waals surface area (Å²) in [6.45, 7) is 2.60. The van der Waals surface area contributed by atoms with Gasteiger partial charge in [0.2, 0.25) is 0 Å². The van der Waals surface area contributed by atoms with Crippen molar-refractivity contribution in [2.75, 3.05) is 38.4 Å². The van der Waals surface area contributed by atoms with E-state index >= 15 is 0 Å². The molecule has 3 aromatic rings. The molecule has 0 fully saturated rings. The van der Waals surface area contributed by atoms with E-state index in [4.69, 9.17) is 9.47 Å². The van der Waals surface area contributed by atoms with Crippen LogP contribution in [0.15, 0.2) is 66.7 Å². The minimum absolute atomic E-state index is 0.266. The third-order valence-electron chi connectivity index (χ3n) is 5.86. The second kappa shape index (κ2) is 11.1. The lowest BCUT2D eigenvalue weighted by Gasteiger charge is -2.18. The van der Waals surface area contributed by atoms with E-state index in [1.807, 2.05) is 61.5 Å². The lowest BCUT2D eigenvalue weighted by atomic mass is 9.98. The van der Waals surface area contributed by atoms with Gasteiger partial charge in [-0.3, -0.25) is 4.79 Å². The van der Waals surface area contributed by atoms with Crippen LogP contribution in [0, 0.1) is 0 Å². The van der Waals surface area contributed by atoms with Crippen LogP contribution >= 0.6 is 0 Å². The predicted molar refractivity (Wildman–Crippen MR) is 143 cm³/mol. The van der Waals surface area contributed by atoms with Crippen molar-refractivity contribution in [3.63, 3.8) is 0 Å². The zero-order chi connectivity index (χ0) is 26.5. The molecule has 0 unspecified atom stereocenters. The van der Waals surface area contributed by atoms with E-state index in [-0.39, 0.29) is 12.5 Å². The molecule has 190 valence electrons.